The van der Waals surface area contributed by atoms with Crippen molar-refractivity contribution in [2.45, 2.75) is 19.4 Å². The highest BCUT2D eigenvalue weighted by molar-refractivity contribution is 5.27. The van der Waals surface area contributed by atoms with Gasteiger partial charge in [0.1, 0.15) is 11.6 Å². The Morgan fingerprint density at radius 2 is 2.21 bits per heavy atom. The Kier molecular flexibility index (Phi) is 4.47. The average Bonchev–Trinajstić information content (AvgIpc) is 2.39. The third kappa shape index (κ3) is 3.76. The molecule has 0 aliphatic carbocycles. The fourth-order valence-corrected chi connectivity index (χ4v) is 1.85. The van der Waals surface area contributed by atoms with E-state index in [9.17, 15) is 4.39 Å². The molecule has 0 saturated carbocycles. The van der Waals surface area contributed by atoms with Gasteiger partial charge in [-0.25, -0.2) is 4.39 Å². The molecule has 1 unspecified atom stereocenters. The number of pyridine rings is 1. The standard InChI is InChI=1S/C15H17FN2O/c1-11-3-2-4-12(9-11)19-8-6-15(17)13-5-7-18-10-14(13)16/h2-5,7,9-10,15H,6,8,17H2,1H3. The minimum atomic E-state index is -0.382. The van der Waals surface area contributed by atoms with Crippen molar-refractivity contribution in [3.8, 4) is 5.75 Å². The molecule has 4 heteroatoms. The van der Waals surface area contributed by atoms with E-state index in [-0.39, 0.29) is 11.9 Å². The molecule has 0 bridgehead atoms. The molecule has 0 radical (unpaired) electrons. The first kappa shape index (κ1) is 13.5. The van der Waals surface area contributed by atoms with E-state index in [0.717, 1.165) is 11.3 Å². The SMILES string of the molecule is Cc1cccc(OCCC(N)c2ccncc2F)c1. The highest BCUT2D eigenvalue weighted by atomic mass is 19.1. The first-order valence-electron chi connectivity index (χ1n) is 6.21. The number of aromatic nitrogens is 1. The molecule has 2 aromatic rings. The van der Waals surface area contributed by atoms with Gasteiger partial charge in [0, 0.05) is 24.2 Å². The van der Waals surface area contributed by atoms with Crippen LogP contribution in [0, 0.1) is 12.7 Å². The second-order valence-corrected chi connectivity index (χ2v) is 4.46. The molecule has 2 rings (SSSR count). The lowest BCUT2D eigenvalue weighted by atomic mass is 10.1. The van der Waals surface area contributed by atoms with Gasteiger partial charge in [-0.05, 0) is 30.7 Å². The van der Waals surface area contributed by atoms with Crippen LogP contribution in [-0.4, -0.2) is 11.6 Å². The van der Waals surface area contributed by atoms with E-state index in [1.807, 2.05) is 31.2 Å². The third-order valence-electron chi connectivity index (χ3n) is 2.89. The van der Waals surface area contributed by atoms with E-state index in [1.54, 1.807) is 12.3 Å². The van der Waals surface area contributed by atoms with Crippen LogP contribution >= 0.6 is 0 Å². The van der Waals surface area contributed by atoms with Gasteiger partial charge in [0.05, 0.1) is 12.8 Å². The van der Waals surface area contributed by atoms with Crippen molar-refractivity contribution >= 4 is 0 Å². The number of rotatable bonds is 5. The lowest BCUT2D eigenvalue weighted by Crippen LogP contribution is -2.15. The highest BCUT2D eigenvalue weighted by Crippen LogP contribution is 2.18. The van der Waals surface area contributed by atoms with Gasteiger partial charge in [-0.3, -0.25) is 4.98 Å². The summed E-state index contributed by atoms with van der Waals surface area (Å²) in [5.41, 5.74) is 7.56. The van der Waals surface area contributed by atoms with Gasteiger partial charge in [-0.2, -0.15) is 0 Å². The summed E-state index contributed by atoms with van der Waals surface area (Å²) in [6.45, 7) is 2.46. The van der Waals surface area contributed by atoms with Gasteiger partial charge in [0.2, 0.25) is 0 Å². The van der Waals surface area contributed by atoms with E-state index in [2.05, 4.69) is 4.98 Å². The van der Waals surface area contributed by atoms with Crippen molar-refractivity contribution in [1.29, 1.82) is 0 Å². The summed E-state index contributed by atoms with van der Waals surface area (Å²) in [5.74, 6) is 0.438. The molecule has 2 N–H and O–H groups in total. The quantitative estimate of drug-likeness (QED) is 0.899. The van der Waals surface area contributed by atoms with Crippen molar-refractivity contribution < 1.29 is 9.13 Å². The zero-order valence-electron chi connectivity index (χ0n) is 10.8. The van der Waals surface area contributed by atoms with Crippen LogP contribution in [0.15, 0.2) is 42.7 Å². The zero-order valence-corrected chi connectivity index (χ0v) is 10.8. The van der Waals surface area contributed by atoms with Crippen LogP contribution in [0.5, 0.6) is 5.75 Å². The lowest BCUT2D eigenvalue weighted by Gasteiger charge is -2.13. The first-order chi connectivity index (χ1) is 9.16. The molecule has 0 aliphatic rings. The topological polar surface area (TPSA) is 48.1 Å². The van der Waals surface area contributed by atoms with Crippen molar-refractivity contribution in [2.24, 2.45) is 5.73 Å². The smallest absolute Gasteiger partial charge is 0.146 e. The minimum Gasteiger partial charge on any atom is -0.494 e. The van der Waals surface area contributed by atoms with Crippen molar-refractivity contribution in [3.05, 3.63) is 59.7 Å². The van der Waals surface area contributed by atoms with Gasteiger partial charge in [-0.15, -0.1) is 0 Å². The van der Waals surface area contributed by atoms with E-state index in [4.69, 9.17) is 10.5 Å². The Hall–Kier alpha value is -1.94. The Balaban J connectivity index is 1.88. The van der Waals surface area contributed by atoms with Gasteiger partial charge < -0.3 is 10.5 Å². The van der Waals surface area contributed by atoms with Crippen molar-refractivity contribution in [3.63, 3.8) is 0 Å². The summed E-state index contributed by atoms with van der Waals surface area (Å²) in [6.07, 6.45) is 3.27. The summed E-state index contributed by atoms with van der Waals surface area (Å²) in [7, 11) is 0. The molecule has 1 aromatic heterocycles. The van der Waals surface area contributed by atoms with Crippen LogP contribution in [0.3, 0.4) is 0 Å². The number of aryl methyl sites for hydroxylation is 1. The van der Waals surface area contributed by atoms with Crippen molar-refractivity contribution in [1.82, 2.24) is 4.98 Å². The molecule has 0 saturated heterocycles. The fraction of sp³-hybridized carbons (Fsp3) is 0.267. The van der Waals surface area contributed by atoms with E-state index in [1.165, 1.54) is 6.20 Å². The van der Waals surface area contributed by atoms with Gasteiger partial charge in [0.15, 0.2) is 0 Å². The molecule has 0 aliphatic heterocycles. The number of benzene rings is 1. The molecule has 0 fully saturated rings. The summed E-state index contributed by atoms with van der Waals surface area (Å²) >= 11 is 0. The van der Waals surface area contributed by atoms with Crippen LogP contribution in [0.1, 0.15) is 23.6 Å². The largest absolute Gasteiger partial charge is 0.494 e. The third-order valence-corrected chi connectivity index (χ3v) is 2.89. The Labute approximate surface area is 112 Å². The van der Waals surface area contributed by atoms with Crippen LogP contribution in [-0.2, 0) is 0 Å². The van der Waals surface area contributed by atoms with Gasteiger partial charge in [0.25, 0.3) is 0 Å². The number of hydrogen-bond acceptors (Lipinski definition) is 3. The molecule has 1 aromatic carbocycles. The molecule has 1 atom stereocenters. The number of nitrogens with two attached hydrogens (primary N) is 1. The Morgan fingerprint density at radius 1 is 1.37 bits per heavy atom. The highest BCUT2D eigenvalue weighted by Gasteiger charge is 2.11. The normalized spacial score (nSPS) is 12.2. The molecule has 0 spiro atoms. The molecule has 19 heavy (non-hydrogen) atoms. The summed E-state index contributed by atoms with van der Waals surface area (Å²) in [6, 6.07) is 9.02. The fourth-order valence-electron chi connectivity index (χ4n) is 1.85. The average molecular weight is 260 g/mol. The van der Waals surface area contributed by atoms with Crippen LogP contribution < -0.4 is 10.5 Å². The number of nitrogens with zero attached hydrogens (tertiary/aromatic N) is 1. The minimum absolute atomic E-state index is 0.370. The van der Waals surface area contributed by atoms with E-state index in [0.29, 0.717) is 18.6 Å². The molecule has 100 valence electrons. The monoisotopic (exact) mass is 260 g/mol. The molecular weight excluding hydrogens is 243 g/mol. The Bertz CT molecular complexity index is 545. The first-order valence-corrected chi connectivity index (χ1v) is 6.21. The van der Waals surface area contributed by atoms with Gasteiger partial charge >= 0.3 is 0 Å². The number of ether oxygens (including phenoxy) is 1. The maximum Gasteiger partial charge on any atom is 0.146 e. The van der Waals surface area contributed by atoms with Crippen LogP contribution in [0.4, 0.5) is 4.39 Å². The molecule has 3 nitrogen and oxygen atoms in total. The Morgan fingerprint density at radius 3 is 2.95 bits per heavy atom. The second-order valence-electron chi connectivity index (χ2n) is 4.46. The van der Waals surface area contributed by atoms with E-state index >= 15 is 0 Å². The maximum absolute atomic E-state index is 13.5. The number of halogens is 1. The predicted molar refractivity (Wildman–Crippen MR) is 72.4 cm³/mol. The summed E-state index contributed by atoms with van der Waals surface area (Å²) < 4.78 is 19.1. The molecule has 0 amide bonds. The maximum atomic E-state index is 13.5. The number of hydrogen-bond donors (Lipinski definition) is 1. The summed E-state index contributed by atoms with van der Waals surface area (Å²) in [5, 5.41) is 0. The van der Waals surface area contributed by atoms with Crippen molar-refractivity contribution in [2.75, 3.05) is 6.61 Å². The van der Waals surface area contributed by atoms with E-state index < -0.39 is 0 Å². The van der Waals surface area contributed by atoms with Crippen LogP contribution in [0.2, 0.25) is 0 Å². The van der Waals surface area contributed by atoms with Crippen LogP contribution in [0.25, 0.3) is 0 Å². The molecule has 1 heterocycles. The van der Waals surface area contributed by atoms with Gasteiger partial charge in [-0.1, -0.05) is 12.1 Å². The predicted octanol–water partition coefficient (Wildman–Crippen LogP) is 3.00. The summed E-state index contributed by atoms with van der Waals surface area (Å²) in [4.78, 5) is 3.70. The zero-order chi connectivity index (χ0) is 13.7. The lowest BCUT2D eigenvalue weighted by molar-refractivity contribution is 0.297. The second kappa shape index (κ2) is 6.29. The molecular formula is C15H17FN2O.